The van der Waals surface area contributed by atoms with E-state index in [0.29, 0.717) is 5.56 Å². The molecule has 0 bridgehead atoms. The molecule has 0 radical (unpaired) electrons. The lowest BCUT2D eigenvalue weighted by molar-refractivity contribution is 0.0652. The van der Waals surface area contributed by atoms with Crippen LogP contribution in [-0.2, 0) is 0 Å². The first-order valence-corrected chi connectivity index (χ1v) is 5.53. The van der Waals surface area contributed by atoms with E-state index in [4.69, 9.17) is 0 Å². The standard InChI is InChI=1S/C12H17N3O.ClH/c1-12(2)9-15(8-7-14-12)11(16)10-3-5-13-6-4-10;/h3-6,14H,7-9H2,1-2H3;1H. The number of hydrogen-bond acceptors (Lipinski definition) is 3. The number of nitrogens with zero attached hydrogens (tertiary/aromatic N) is 2. The van der Waals surface area contributed by atoms with Crippen molar-refractivity contribution in [3.63, 3.8) is 0 Å². The summed E-state index contributed by atoms with van der Waals surface area (Å²) in [4.78, 5) is 18.0. The van der Waals surface area contributed by atoms with Crippen molar-refractivity contribution in [2.24, 2.45) is 0 Å². The first-order valence-electron chi connectivity index (χ1n) is 5.53. The van der Waals surface area contributed by atoms with Gasteiger partial charge in [-0.2, -0.15) is 0 Å². The van der Waals surface area contributed by atoms with E-state index in [1.54, 1.807) is 24.5 Å². The first-order chi connectivity index (χ1) is 7.58. The molecule has 0 atom stereocenters. The molecule has 1 amide bonds. The van der Waals surface area contributed by atoms with Gasteiger partial charge in [0.05, 0.1) is 0 Å². The molecule has 1 fully saturated rings. The minimum Gasteiger partial charge on any atom is -0.336 e. The summed E-state index contributed by atoms with van der Waals surface area (Å²) in [6.45, 7) is 6.58. The summed E-state index contributed by atoms with van der Waals surface area (Å²) >= 11 is 0. The third kappa shape index (κ3) is 3.41. The quantitative estimate of drug-likeness (QED) is 0.824. The SMILES string of the molecule is CC1(C)CN(C(=O)c2ccncc2)CCN1.Cl. The van der Waals surface area contributed by atoms with Crippen molar-refractivity contribution in [2.75, 3.05) is 19.6 Å². The van der Waals surface area contributed by atoms with Gasteiger partial charge in [-0.05, 0) is 26.0 Å². The number of rotatable bonds is 1. The maximum atomic E-state index is 12.2. The summed E-state index contributed by atoms with van der Waals surface area (Å²) in [7, 11) is 0. The number of aromatic nitrogens is 1. The summed E-state index contributed by atoms with van der Waals surface area (Å²) in [5.41, 5.74) is 0.716. The molecule has 0 aromatic carbocycles. The van der Waals surface area contributed by atoms with E-state index in [1.165, 1.54) is 0 Å². The number of carbonyl (C=O) groups is 1. The highest BCUT2D eigenvalue weighted by Gasteiger charge is 2.28. The molecule has 0 spiro atoms. The van der Waals surface area contributed by atoms with Gasteiger partial charge in [0.25, 0.3) is 5.91 Å². The van der Waals surface area contributed by atoms with Crippen molar-refractivity contribution in [3.8, 4) is 0 Å². The van der Waals surface area contributed by atoms with Crippen LogP contribution in [0.3, 0.4) is 0 Å². The van der Waals surface area contributed by atoms with E-state index < -0.39 is 0 Å². The van der Waals surface area contributed by atoms with Crippen molar-refractivity contribution in [1.82, 2.24) is 15.2 Å². The van der Waals surface area contributed by atoms with Crippen LogP contribution in [0.1, 0.15) is 24.2 Å². The van der Waals surface area contributed by atoms with Crippen LogP contribution in [0, 0.1) is 0 Å². The van der Waals surface area contributed by atoms with Crippen LogP contribution in [-0.4, -0.2) is 41.0 Å². The number of nitrogens with one attached hydrogen (secondary N) is 1. The normalized spacial score (nSPS) is 18.4. The van der Waals surface area contributed by atoms with Gasteiger partial charge in [-0.3, -0.25) is 9.78 Å². The minimum atomic E-state index is 0. The van der Waals surface area contributed by atoms with Crippen LogP contribution in [0.15, 0.2) is 24.5 Å². The topological polar surface area (TPSA) is 45.2 Å². The van der Waals surface area contributed by atoms with Gasteiger partial charge in [0.1, 0.15) is 0 Å². The molecule has 4 nitrogen and oxygen atoms in total. The van der Waals surface area contributed by atoms with E-state index in [2.05, 4.69) is 24.1 Å². The zero-order valence-corrected chi connectivity index (χ0v) is 11.0. The lowest BCUT2D eigenvalue weighted by atomic mass is 10.0. The molecule has 0 aliphatic carbocycles. The fourth-order valence-electron chi connectivity index (χ4n) is 1.99. The van der Waals surface area contributed by atoms with E-state index in [1.807, 2.05) is 4.90 Å². The number of halogens is 1. The second-order valence-corrected chi connectivity index (χ2v) is 4.77. The number of piperazine rings is 1. The van der Waals surface area contributed by atoms with Crippen molar-refractivity contribution in [1.29, 1.82) is 0 Å². The van der Waals surface area contributed by atoms with Crippen LogP contribution in [0.5, 0.6) is 0 Å². The lowest BCUT2D eigenvalue weighted by Gasteiger charge is -2.39. The van der Waals surface area contributed by atoms with Gasteiger partial charge in [-0.15, -0.1) is 12.4 Å². The Labute approximate surface area is 108 Å². The highest BCUT2D eigenvalue weighted by molar-refractivity contribution is 5.94. The predicted octanol–water partition coefficient (Wildman–Crippen LogP) is 1.33. The average molecular weight is 256 g/mol. The maximum Gasteiger partial charge on any atom is 0.254 e. The van der Waals surface area contributed by atoms with Crippen LogP contribution in [0.25, 0.3) is 0 Å². The third-order valence-electron chi connectivity index (χ3n) is 2.79. The summed E-state index contributed by atoms with van der Waals surface area (Å²) in [5.74, 6) is 0.0944. The van der Waals surface area contributed by atoms with E-state index in [9.17, 15) is 4.79 Å². The Morgan fingerprint density at radius 1 is 1.41 bits per heavy atom. The summed E-state index contributed by atoms with van der Waals surface area (Å²) in [5, 5.41) is 3.39. The molecule has 1 saturated heterocycles. The fraction of sp³-hybridized carbons (Fsp3) is 0.500. The van der Waals surface area contributed by atoms with Gasteiger partial charge in [0.2, 0.25) is 0 Å². The van der Waals surface area contributed by atoms with Crippen LogP contribution in [0.2, 0.25) is 0 Å². The second-order valence-electron chi connectivity index (χ2n) is 4.77. The smallest absolute Gasteiger partial charge is 0.254 e. The summed E-state index contributed by atoms with van der Waals surface area (Å²) in [6.07, 6.45) is 3.31. The Bertz CT molecular complexity index is 381. The minimum absolute atomic E-state index is 0. The zero-order chi connectivity index (χ0) is 11.6. The predicted molar refractivity (Wildman–Crippen MR) is 69.5 cm³/mol. The zero-order valence-electron chi connectivity index (χ0n) is 10.1. The van der Waals surface area contributed by atoms with Crippen molar-refractivity contribution in [3.05, 3.63) is 30.1 Å². The van der Waals surface area contributed by atoms with Crippen molar-refractivity contribution >= 4 is 18.3 Å². The van der Waals surface area contributed by atoms with Gasteiger partial charge < -0.3 is 10.2 Å². The van der Waals surface area contributed by atoms with Gasteiger partial charge in [0.15, 0.2) is 0 Å². The van der Waals surface area contributed by atoms with Crippen LogP contribution in [0.4, 0.5) is 0 Å². The monoisotopic (exact) mass is 255 g/mol. The number of amides is 1. The molecule has 0 unspecified atom stereocenters. The van der Waals surface area contributed by atoms with Crippen molar-refractivity contribution < 1.29 is 4.79 Å². The number of carbonyl (C=O) groups excluding carboxylic acids is 1. The molecule has 1 aromatic rings. The Hall–Kier alpha value is -1.13. The molecule has 2 heterocycles. The molecule has 94 valence electrons. The summed E-state index contributed by atoms with van der Waals surface area (Å²) in [6, 6.07) is 3.52. The van der Waals surface area contributed by atoms with E-state index >= 15 is 0 Å². The highest BCUT2D eigenvalue weighted by atomic mass is 35.5. The number of pyridine rings is 1. The van der Waals surface area contributed by atoms with Gasteiger partial charge in [-0.25, -0.2) is 0 Å². The highest BCUT2D eigenvalue weighted by Crippen LogP contribution is 2.13. The molecule has 17 heavy (non-hydrogen) atoms. The molecule has 0 saturated carbocycles. The summed E-state index contributed by atoms with van der Waals surface area (Å²) < 4.78 is 0. The van der Waals surface area contributed by atoms with Gasteiger partial charge in [-0.1, -0.05) is 0 Å². The Balaban J connectivity index is 0.00000144. The van der Waals surface area contributed by atoms with E-state index in [0.717, 1.165) is 19.6 Å². The Morgan fingerprint density at radius 2 is 2.06 bits per heavy atom. The molecule has 2 rings (SSSR count). The Morgan fingerprint density at radius 3 is 2.65 bits per heavy atom. The molecule has 1 aromatic heterocycles. The van der Waals surface area contributed by atoms with Crippen LogP contribution < -0.4 is 5.32 Å². The molecule has 1 aliphatic rings. The Kier molecular flexibility index (Phi) is 4.48. The molecule has 1 N–H and O–H groups in total. The maximum absolute atomic E-state index is 12.2. The van der Waals surface area contributed by atoms with Crippen LogP contribution >= 0.6 is 12.4 Å². The average Bonchev–Trinajstić information content (AvgIpc) is 2.28. The van der Waals surface area contributed by atoms with Gasteiger partial charge >= 0.3 is 0 Å². The molecular formula is C12H18ClN3O. The second kappa shape index (κ2) is 5.47. The first kappa shape index (κ1) is 13.9. The largest absolute Gasteiger partial charge is 0.336 e. The molecular weight excluding hydrogens is 238 g/mol. The van der Waals surface area contributed by atoms with Gasteiger partial charge in [0, 0.05) is 43.1 Å². The fourth-order valence-corrected chi connectivity index (χ4v) is 1.99. The van der Waals surface area contributed by atoms with E-state index in [-0.39, 0.29) is 23.9 Å². The molecule has 5 heteroatoms. The molecule has 1 aliphatic heterocycles. The van der Waals surface area contributed by atoms with Crippen molar-refractivity contribution in [2.45, 2.75) is 19.4 Å². The lowest BCUT2D eigenvalue weighted by Crippen LogP contribution is -2.58. The number of hydrogen-bond donors (Lipinski definition) is 1. The third-order valence-corrected chi connectivity index (χ3v) is 2.79.